The minimum atomic E-state index is -0.328. The molecule has 0 bridgehead atoms. The third-order valence-corrected chi connectivity index (χ3v) is 4.43. The van der Waals surface area contributed by atoms with Crippen LogP contribution in [-0.2, 0) is 6.54 Å². The topological polar surface area (TPSA) is 101 Å². The van der Waals surface area contributed by atoms with Crippen molar-refractivity contribution in [1.29, 1.82) is 0 Å². The Morgan fingerprint density at radius 3 is 2.79 bits per heavy atom. The molecule has 0 saturated carbocycles. The number of nitrogens with zero attached hydrogens (tertiary/aromatic N) is 3. The van der Waals surface area contributed by atoms with Gasteiger partial charge in [0.05, 0.1) is 25.1 Å². The maximum absolute atomic E-state index is 12.2. The van der Waals surface area contributed by atoms with Crippen LogP contribution in [0.4, 0.5) is 0 Å². The van der Waals surface area contributed by atoms with Crippen LogP contribution in [0, 0.1) is 0 Å². The van der Waals surface area contributed by atoms with E-state index < -0.39 is 0 Å². The van der Waals surface area contributed by atoms with Gasteiger partial charge in [-0.2, -0.15) is 5.10 Å². The van der Waals surface area contributed by atoms with E-state index in [9.17, 15) is 9.59 Å². The molecule has 0 fully saturated rings. The maximum atomic E-state index is 12.2. The van der Waals surface area contributed by atoms with Crippen LogP contribution in [0.5, 0.6) is 0 Å². The van der Waals surface area contributed by atoms with Gasteiger partial charge < -0.3 is 10.1 Å². The molecule has 2 N–H and O–H groups in total. The zero-order valence-electron chi connectivity index (χ0n) is 12.4. The first-order valence-corrected chi connectivity index (χ1v) is 8.43. The monoisotopic (exact) mass is 364 g/mol. The zero-order valence-corrected chi connectivity index (χ0v) is 14.0. The molecule has 0 spiro atoms. The number of rotatable bonds is 6. The summed E-state index contributed by atoms with van der Waals surface area (Å²) >= 11 is 6.93. The smallest absolute Gasteiger partial charge is 0.262 e. The predicted molar refractivity (Wildman–Crippen MR) is 91.7 cm³/mol. The second kappa shape index (κ2) is 7.16. The average molecular weight is 365 g/mol. The number of carbonyl (C=O) groups is 1. The second-order valence-corrected chi connectivity index (χ2v) is 6.32. The Morgan fingerprint density at radius 1 is 1.33 bits per heavy atom. The number of aromatic nitrogens is 4. The lowest BCUT2D eigenvalue weighted by molar-refractivity contribution is 0.102. The minimum absolute atomic E-state index is 0.0942. The van der Waals surface area contributed by atoms with Crippen LogP contribution in [0.2, 0.25) is 5.02 Å². The van der Waals surface area contributed by atoms with E-state index in [2.05, 4.69) is 15.1 Å². The van der Waals surface area contributed by atoms with Gasteiger partial charge in [0, 0.05) is 10.6 Å². The van der Waals surface area contributed by atoms with Crippen molar-refractivity contribution in [1.82, 2.24) is 19.7 Å². The Bertz CT molecular complexity index is 936. The number of aliphatic hydroxyl groups excluding tert-OH is 1. The number of aliphatic hydroxyl groups is 1. The Hall–Kier alpha value is -2.16. The average Bonchev–Trinajstić information content (AvgIpc) is 2.97. The molecule has 0 unspecified atom stereocenters. The highest BCUT2D eigenvalue weighted by molar-refractivity contribution is 7.99. The van der Waals surface area contributed by atoms with Crippen LogP contribution in [0.1, 0.15) is 10.4 Å². The molecule has 0 aliphatic rings. The lowest BCUT2D eigenvalue weighted by atomic mass is 10.1. The molecule has 0 saturated heterocycles. The van der Waals surface area contributed by atoms with Gasteiger partial charge in [0.25, 0.3) is 5.56 Å². The summed E-state index contributed by atoms with van der Waals surface area (Å²) in [6.07, 6.45) is 1.41. The highest BCUT2D eigenvalue weighted by atomic mass is 35.5. The van der Waals surface area contributed by atoms with Crippen LogP contribution in [-0.4, -0.2) is 43.0 Å². The van der Waals surface area contributed by atoms with Gasteiger partial charge in [-0.05, 0) is 24.3 Å². The number of halogens is 1. The normalized spacial score (nSPS) is 11.1. The Labute approximate surface area is 145 Å². The van der Waals surface area contributed by atoms with E-state index in [0.29, 0.717) is 26.8 Å². The van der Waals surface area contributed by atoms with Gasteiger partial charge in [-0.25, -0.2) is 9.67 Å². The standard InChI is InChI=1S/C15H13ClN4O3S/c16-10-3-1-9(2-4-10)12(22)8-24-15-18-13-11(14(23)19-15)7-17-20(13)5-6-21/h1-4,7,21H,5-6,8H2,(H,18,19,23). The van der Waals surface area contributed by atoms with E-state index in [4.69, 9.17) is 16.7 Å². The van der Waals surface area contributed by atoms with E-state index in [0.717, 1.165) is 11.8 Å². The first-order chi connectivity index (χ1) is 11.6. The molecule has 7 nitrogen and oxygen atoms in total. The van der Waals surface area contributed by atoms with Crippen molar-refractivity contribution in [3.63, 3.8) is 0 Å². The zero-order chi connectivity index (χ0) is 17.1. The molecule has 9 heteroatoms. The van der Waals surface area contributed by atoms with Gasteiger partial charge >= 0.3 is 0 Å². The van der Waals surface area contributed by atoms with Crippen LogP contribution in [0.3, 0.4) is 0 Å². The molecule has 124 valence electrons. The van der Waals surface area contributed by atoms with Gasteiger partial charge in [-0.15, -0.1) is 0 Å². The number of hydrogen-bond donors (Lipinski definition) is 2. The van der Waals surface area contributed by atoms with Crippen molar-refractivity contribution in [2.45, 2.75) is 11.7 Å². The number of hydrogen-bond acceptors (Lipinski definition) is 6. The molecule has 0 amide bonds. The minimum Gasteiger partial charge on any atom is -0.394 e. The number of H-pyrrole nitrogens is 1. The summed E-state index contributed by atoms with van der Waals surface area (Å²) in [6.45, 7) is 0.135. The summed E-state index contributed by atoms with van der Waals surface area (Å²) in [6, 6.07) is 6.61. The molecule has 3 aromatic rings. The van der Waals surface area contributed by atoms with E-state index in [-0.39, 0.29) is 30.2 Å². The van der Waals surface area contributed by atoms with E-state index in [1.807, 2.05) is 0 Å². The fourth-order valence-corrected chi connectivity index (χ4v) is 3.00. The number of benzene rings is 1. The van der Waals surface area contributed by atoms with Crippen molar-refractivity contribution in [3.8, 4) is 0 Å². The molecule has 1 aromatic carbocycles. The summed E-state index contributed by atoms with van der Waals surface area (Å²) in [7, 11) is 0. The third kappa shape index (κ3) is 3.50. The SMILES string of the molecule is O=C(CSc1nc2c(cnn2CCO)c(=O)[nH]1)c1ccc(Cl)cc1. The fourth-order valence-electron chi connectivity index (χ4n) is 2.13. The molecule has 0 radical (unpaired) electrons. The largest absolute Gasteiger partial charge is 0.394 e. The molecule has 24 heavy (non-hydrogen) atoms. The number of carbonyl (C=O) groups excluding carboxylic acids is 1. The van der Waals surface area contributed by atoms with Crippen LogP contribution >= 0.6 is 23.4 Å². The maximum Gasteiger partial charge on any atom is 0.262 e. The summed E-state index contributed by atoms with van der Waals surface area (Å²) in [5.74, 6) is 0.0350. The predicted octanol–water partition coefficient (Wildman–Crippen LogP) is 1.74. The third-order valence-electron chi connectivity index (χ3n) is 3.30. The Balaban J connectivity index is 1.79. The van der Waals surface area contributed by atoms with Gasteiger partial charge in [0.2, 0.25) is 0 Å². The molecule has 0 aliphatic heterocycles. The highest BCUT2D eigenvalue weighted by Crippen LogP contribution is 2.17. The van der Waals surface area contributed by atoms with Crippen molar-refractivity contribution in [2.24, 2.45) is 0 Å². The van der Waals surface area contributed by atoms with Gasteiger partial charge in [0.15, 0.2) is 16.6 Å². The molecular weight excluding hydrogens is 352 g/mol. The highest BCUT2D eigenvalue weighted by Gasteiger charge is 2.12. The van der Waals surface area contributed by atoms with E-state index >= 15 is 0 Å². The first-order valence-electron chi connectivity index (χ1n) is 7.07. The Kier molecular flexibility index (Phi) is 4.98. The molecular formula is C15H13ClN4O3S. The lowest BCUT2D eigenvalue weighted by Crippen LogP contribution is -2.12. The molecule has 0 atom stereocenters. The Morgan fingerprint density at radius 2 is 2.08 bits per heavy atom. The number of Topliss-reactive ketones (excluding diaryl/α,β-unsaturated/α-hetero) is 1. The van der Waals surface area contributed by atoms with E-state index in [1.165, 1.54) is 10.9 Å². The summed E-state index contributed by atoms with van der Waals surface area (Å²) in [4.78, 5) is 31.2. The number of aromatic amines is 1. The van der Waals surface area contributed by atoms with Crippen LogP contribution in [0.15, 0.2) is 40.4 Å². The summed E-state index contributed by atoms with van der Waals surface area (Å²) in [5, 5.41) is 14.3. The first kappa shape index (κ1) is 16.7. The molecule has 2 aromatic heterocycles. The number of fused-ring (bicyclic) bond motifs is 1. The van der Waals surface area contributed by atoms with Crippen molar-refractivity contribution in [2.75, 3.05) is 12.4 Å². The van der Waals surface area contributed by atoms with Gasteiger partial charge in [-0.3, -0.25) is 9.59 Å². The quantitative estimate of drug-likeness (QED) is 0.392. The van der Waals surface area contributed by atoms with Crippen LogP contribution < -0.4 is 5.56 Å². The fraction of sp³-hybridized carbons (Fsp3) is 0.200. The van der Waals surface area contributed by atoms with Crippen molar-refractivity contribution >= 4 is 40.2 Å². The van der Waals surface area contributed by atoms with Gasteiger partial charge in [0.1, 0.15) is 5.39 Å². The van der Waals surface area contributed by atoms with Gasteiger partial charge in [-0.1, -0.05) is 23.4 Å². The molecule has 0 aliphatic carbocycles. The summed E-state index contributed by atoms with van der Waals surface area (Å²) < 4.78 is 1.45. The van der Waals surface area contributed by atoms with E-state index in [1.54, 1.807) is 24.3 Å². The van der Waals surface area contributed by atoms with Crippen molar-refractivity contribution < 1.29 is 9.90 Å². The second-order valence-electron chi connectivity index (χ2n) is 4.92. The molecule has 2 heterocycles. The number of thioether (sulfide) groups is 1. The van der Waals surface area contributed by atoms with Crippen molar-refractivity contribution in [3.05, 3.63) is 51.4 Å². The summed E-state index contributed by atoms with van der Waals surface area (Å²) in [5.41, 5.74) is 0.598. The lowest BCUT2D eigenvalue weighted by Gasteiger charge is -2.03. The van der Waals surface area contributed by atoms with Crippen LogP contribution in [0.25, 0.3) is 11.0 Å². The number of nitrogens with one attached hydrogen (secondary N) is 1. The molecule has 3 rings (SSSR count). The number of ketones is 1.